The van der Waals surface area contributed by atoms with Crippen LogP contribution in [-0.2, 0) is 11.3 Å². The maximum Gasteiger partial charge on any atom is 0.407 e. The SMILES string of the molecule is CC(C)(C)OC(=O)NCCCCCCNCCCn1c(Sc2cc(Cl)cc(Cl)c2)nc2c(N)ncnc21. The summed E-state index contributed by atoms with van der Waals surface area (Å²) in [6.07, 6.45) is 6.20. The fourth-order valence-corrected chi connectivity index (χ4v) is 5.29. The Morgan fingerprint density at radius 3 is 2.41 bits per heavy atom. The van der Waals surface area contributed by atoms with Crippen LogP contribution in [-0.4, -0.2) is 50.8 Å². The molecule has 0 saturated carbocycles. The molecule has 37 heavy (non-hydrogen) atoms. The molecule has 0 aliphatic carbocycles. The number of nitrogen functional groups attached to an aromatic ring is 1. The number of unbranched alkanes of at least 4 members (excludes halogenated alkanes) is 3. The fraction of sp³-hybridized carbons (Fsp3) is 0.520. The molecule has 2 heterocycles. The molecule has 0 fully saturated rings. The zero-order chi connectivity index (χ0) is 26.8. The van der Waals surface area contributed by atoms with Crippen LogP contribution >= 0.6 is 35.0 Å². The third-order valence-electron chi connectivity index (χ3n) is 5.25. The summed E-state index contributed by atoms with van der Waals surface area (Å²) in [6, 6.07) is 5.41. The lowest BCUT2D eigenvalue weighted by molar-refractivity contribution is 0.0527. The largest absolute Gasteiger partial charge is 0.444 e. The van der Waals surface area contributed by atoms with Gasteiger partial charge in [-0.3, -0.25) is 0 Å². The molecule has 0 saturated heterocycles. The average Bonchev–Trinajstić information content (AvgIpc) is 3.14. The second-order valence-electron chi connectivity index (χ2n) is 9.63. The Morgan fingerprint density at radius 2 is 1.70 bits per heavy atom. The predicted octanol–water partition coefficient (Wildman–Crippen LogP) is 5.93. The smallest absolute Gasteiger partial charge is 0.407 e. The Labute approximate surface area is 232 Å². The first-order chi connectivity index (χ1) is 17.6. The lowest BCUT2D eigenvalue weighted by atomic mass is 10.2. The van der Waals surface area contributed by atoms with Crippen LogP contribution in [0.15, 0.2) is 34.6 Å². The number of halogens is 2. The minimum atomic E-state index is -0.466. The minimum absolute atomic E-state index is 0.355. The van der Waals surface area contributed by atoms with Crippen LogP contribution in [0.4, 0.5) is 10.6 Å². The summed E-state index contributed by atoms with van der Waals surface area (Å²) >= 11 is 13.8. The van der Waals surface area contributed by atoms with Crippen LogP contribution in [0.5, 0.6) is 0 Å². The van der Waals surface area contributed by atoms with E-state index in [9.17, 15) is 4.79 Å². The van der Waals surface area contributed by atoms with E-state index >= 15 is 0 Å². The van der Waals surface area contributed by atoms with Crippen molar-refractivity contribution in [1.29, 1.82) is 0 Å². The maximum atomic E-state index is 11.6. The average molecular weight is 569 g/mol. The molecule has 202 valence electrons. The van der Waals surface area contributed by atoms with Gasteiger partial charge in [0, 0.05) is 28.0 Å². The van der Waals surface area contributed by atoms with E-state index in [1.54, 1.807) is 6.07 Å². The monoisotopic (exact) mass is 567 g/mol. The summed E-state index contributed by atoms with van der Waals surface area (Å²) in [5.41, 5.74) is 6.89. The summed E-state index contributed by atoms with van der Waals surface area (Å²) in [7, 11) is 0. The summed E-state index contributed by atoms with van der Waals surface area (Å²) < 4.78 is 7.29. The molecule has 0 unspecified atom stereocenters. The van der Waals surface area contributed by atoms with Gasteiger partial charge < -0.3 is 25.7 Å². The number of ether oxygens (including phenoxy) is 1. The second-order valence-corrected chi connectivity index (χ2v) is 11.5. The standard InChI is InChI=1S/C25H35Cl2N7O2S/c1-25(2,3)36-24(35)30-11-7-5-4-6-9-29-10-8-12-34-22-20(21(28)31-16-32-22)33-23(34)37-19-14-17(26)13-18(27)15-19/h13-16,29H,4-12H2,1-3H3,(H,30,35)(H2,28,31,32). The van der Waals surface area contributed by atoms with Gasteiger partial charge >= 0.3 is 6.09 Å². The van der Waals surface area contributed by atoms with Gasteiger partial charge in [-0.15, -0.1) is 0 Å². The molecule has 2 aromatic heterocycles. The van der Waals surface area contributed by atoms with Gasteiger partial charge in [0.15, 0.2) is 22.1 Å². The van der Waals surface area contributed by atoms with Gasteiger partial charge in [0.1, 0.15) is 11.9 Å². The van der Waals surface area contributed by atoms with Crippen molar-refractivity contribution in [2.75, 3.05) is 25.4 Å². The maximum absolute atomic E-state index is 11.6. The Hall–Kier alpha value is -2.27. The van der Waals surface area contributed by atoms with E-state index in [1.807, 2.05) is 32.9 Å². The highest BCUT2D eigenvalue weighted by Crippen LogP contribution is 2.34. The number of imidazole rings is 1. The molecule has 9 nitrogen and oxygen atoms in total. The molecule has 3 rings (SSSR count). The number of alkyl carbamates (subject to hydrolysis) is 1. The third kappa shape index (κ3) is 9.85. The summed E-state index contributed by atoms with van der Waals surface area (Å²) in [5.74, 6) is 0.356. The summed E-state index contributed by atoms with van der Waals surface area (Å²) in [5, 5.41) is 8.20. The zero-order valence-corrected chi connectivity index (χ0v) is 23.8. The van der Waals surface area contributed by atoms with E-state index in [4.69, 9.17) is 38.7 Å². The fourth-order valence-electron chi connectivity index (χ4n) is 3.63. The topological polar surface area (TPSA) is 120 Å². The van der Waals surface area contributed by atoms with Crippen LogP contribution in [0, 0.1) is 0 Å². The number of carbonyl (C=O) groups excluding carboxylic acids is 1. The molecule has 4 N–H and O–H groups in total. The number of amides is 1. The molecule has 3 aromatic rings. The van der Waals surface area contributed by atoms with Crippen LogP contribution in [0.3, 0.4) is 0 Å². The van der Waals surface area contributed by atoms with E-state index < -0.39 is 5.60 Å². The van der Waals surface area contributed by atoms with Gasteiger partial charge in [0.05, 0.1) is 0 Å². The molecule has 0 atom stereocenters. The van der Waals surface area contributed by atoms with Crippen LogP contribution in [0.25, 0.3) is 11.2 Å². The second kappa shape index (κ2) is 14.0. The molecule has 0 aliphatic heterocycles. The number of nitrogens with one attached hydrogen (secondary N) is 2. The lowest BCUT2D eigenvalue weighted by Gasteiger charge is -2.19. The van der Waals surface area contributed by atoms with Crippen molar-refractivity contribution in [2.45, 2.75) is 75.1 Å². The van der Waals surface area contributed by atoms with Crippen LogP contribution in [0.1, 0.15) is 52.9 Å². The number of carbonyl (C=O) groups is 1. The van der Waals surface area contributed by atoms with Gasteiger partial charge in [-0.1, -0.05) is 47.8 Å². The molecule has 0 aliphatic rings. The first-order valence-electron chi connectivity index (χ1n) is 12.4. The number of nitrogens with two attached hydrogens (primary N) is 1. The number of aryl methyl sites for hydroxylation is 1. The van der Waals surface area contributed by atoms with E-state index in [-0.39, 0.29) is 6.09 Å². The van der Waals surface area contributed by atoms with Crippen molar-refractivity contribution in [3.63, 3.8) is 0 Å². The lowest BCUT2D eigenvalue weighted by Crippen LogP contribution is -2.33. The van der Waals surface area contributed by atoms with Crippen molar-refractivity contribution in [1.82, 2.24) is 30.2 Å². The molecule has 12 heteroatoms. The summed E-state index contributed by atoms with van der Waals surface area (Å²) in [6.45, 7) is 8.75. The first-order valence-corrected chi connectivity index (χ1v) is 14.0. The highest BCUT2D eigenvalue weighted by Gasteiger charge is 2.17. The molecular weight excluding hydrogens is 533 g/mol. The Kier molecular flexibility index (Phi) is 11.1. The minimum Gasteiger partial charge on any atom is -0.444 e. The van der Waals surface area contributed by atoms with Gasteiger partial charge in [-0.05, 0) is 71.3 Å². The van der Waals surface area contributed by atoms with Gasteiger partial charge in [-0.25, -0.2) is 19.7 Å². The van der Waals surface area contributed by atoms with Crippen molar-refractivity contribution in [3.05, 3.63) is 34.6 Å². The predicted molar refractivity (Wildman–Crippen MR) is 151 cm³/mol. The van der Waals surface area contributed by atoms with Crippen LogP contribution in [0.2, 0.25) is 10.0 Å². The molecule has 0 spiro atoms. The first kappa shape index (κ1) is 29.3. The number of nitrogens with zero attached hydrogens (tertiary/aromatic N) is 4. The number of aromatic nitrogens is 4. The number of benzene rings is 1. The molecular formula is C25H35Cl2N7O2S. The molecule has 0 bridgehead atoms. The number of hydrogen-bond donors (Lipinski definition) is 3. The van der Waals surface area contributed by atoms with Gasteiger partial charge in [0.25, 0.3) is 0 Å². The number of hydrogen-bond acceptors (Lipinski definition) is 8. The third-order valence-corrected chi connectivity index (χ3v) is 6.66. The normalized spacial score (nSPS) is 11.7. The highest BCUT2D eigenvalue weighted by molar-refractivity contribution is 7.99. The number of rotatable bonds is 13. The van der Waals surface area contributed by atoms with E-state index in [1.165, 1.54) is 18.1 Å². The number of fused-ring (bicyclic) bond motifs is 1. The van der Waals surface area contributed by atoms with E-state index in [0.29, 0.717) is 33.6 Å². The Bertz CT molecular complexity index is 1160. The van der Waals surface area contributed by atoms with E-state index in [0.717, 1.165) is 61.8 Å². The van der Waals surface area contributed by atoms with Gasteiger partial charge in [-0.2, -0.15) is 0 Å². The van der Waals surface area contributed by atoms with Crippen molar-refractivity contribution < 1.29 is 9.53 Å². The highest BCUT2D eigenvalue weighted by atomic mass is 35.5. The molecule has 1 amide bonds. The molecule has 0 radical (unpaired) electrons. The van der Waals surface area contributed by atoms with E-state index in [2.05, 4.69) is 25.2 Å². The van der Waals surface area contributed by atoms with Crippen molar-refractivity contribution in [3.8, 4) is 0 Å². The number of anilines is 1. The van der Waals surface area contributed by atoms with Crippen LogP contribution < -0.4 is 16.4 Å². The van der Waals surface area contributed by atoms with Gasteiger partial charge in [0.2, 0.25) is 0 Å². The quantitative estimate of drug-likeness (QED) is 0.217. The van der Waals surface area contributed by atoms with Crippen molar-refractivity contribution >= 4 is 58.0 Å². The summed E-state index contributed by atoms with van der Waals surface area (Å²) in [4.78, 5) is 25.7. The Balaban J connectivity index is 1.40. The zero-order valence-electron chi connectivity index (χ0n) is 21.5. The Morgan fingerprint density at radius 1 is 1.03 bits per heavy atom. The van der Waals surface area contributed by atoms with Crippen molar-refractivity contribution in [2.24, 2.45) is 0 Å². The molecule has 1 aromatic carbocycles.